The molecule has 0 fully saturated rings. The monoisotopic (exact) mass is 765 g/mol. The van der Waals surface area contributed by atoms with Gasteiger partial charge in [0.15, 0.2) is 0 Å². The minimum Gasteiger partial charge on any atom is -0.270 e. The predicted octanol–water partition coefficient (Wildman–Crippen LogP) is 15.7. The molecule has 0 N–H and O–H groups in total. The summed E-state index contributed by atoms with van der Waals surface area (Å²) in [6.45, 7) is 13.5. The van der Waals surface area contributed by atoms with Gasteiger partial charge in [0.2, 0.25) is 0 Å². The molecule has 1 nitrogen and oxygen atoms in total. The smallest absolute Gasteiger partial charge is 0.0551 e. The highest BCUT2D eigenvalue weighted by molar-refractivity contribution is 7.26. The van der Waals surface area contributed by atoms with Crippen LogP contribution in [-0.4, -0.2) is 0 Å². The number of benzene rings is 7. The second-order valence-electron chi connectivity index (χ2n) is 16.4. The molecule has 0 radical (unpaired) electrons. The standard InChI is InChI=1S/C35H25NS.C21H22/c1-4-36(25-16-14-24(15-17-25)23-10-6-5-7-11-23)26-18-20-30-29(22-26)33-31(35(30,2)3)21-19-28-27-12-8-9-13-32(27)37-34(28)33;1-5-9-15(6-2)16-12-13-18-17-10-7-8-11-19(17)21(3,4)20(18)14-16/h1,5-22H,2-3H3;5-14H,1-4H3/b;9-5-,15-6+. The van der Waals surface area contributed by atoms with Gasteiger partial charge in [-0.25, -0.2) is 0 Å². The highest BCUT2D eigenvalue weighted by Gasteiger charge is 2.38. The number of terminal acetylenes is 1. The number of thiophene rings is 1. The summed E-state index contributed by atoms with van der Waals surface area (Å²) in [6, 6.07) is 57.6. The Kier molecular flexibility index (Phi) is 9.31. The predicted molar refractivity (Wildman–Crippen MR) is 252 cm³/mol. The fourth-order valence-electron chi connectivity index (χ4n) is 9.30. The maximum Gasteiger partial charge on any atom is 0.0551 e. The van der Waals surface area contributed by atoms with E-state index in [0.717, 1.165) is 11.4 Å². The zero-order chi connectivity index (χ0) is 40.2. The molecular formula is C56H47NS. The molecular weight excluding hydrogens is 719 g/mol. The van der Waals surface area contributed by atoms with Crippen molar-refractivity contribution < 1.29 is 0 Å². The van der Waals surface area contributed by atoms with E-state index in [2.05, 4.69) is 211 Å². The van der Waals surface area contributed by atoms with Gasteiger partial charge in [-0.1, -0.05) is 168 Å². The van der Waals surface area contributed by atoms with Crippen LogP contribution in [0.3, 0.4) is 0 Å². The van der Waals surface area contributed by atoms with Crippen molar-refractivity contribution in [3.05, 3.63) is 198 Å². The molecule has 282 valence electrons. The van der Waals surface area contributed by atoms with Crippen LogP contribution in [0.1, 0.15) is 69.4 Å². The Balaban J connectivity index is 0.000000176. The molecule has 0 spiro atoms. The molecule has 1 heterocycles. The Hall–Kier alpha value is -6.40. The van der Waals surface area contributed by atoms with E-state index in [9.17, 15) is 0 Å². The minimum atomic E-state index is -0.0636. The second-order valence-corrected chi connectivity index (χ2v) is 17.4. The van der Waals surface area contributed by atoms with Gasteiger partial charge in [0.1, 0.15) is 0 Å². The summed E-state index contributed by atoms with van der Waals surface area (Å²) in [5.74, 6) is 0. The van der Waals surface area contributed by atoms with Gasteiger partial charge in [0.05, 0.1) is 11.4 Å². The van der Waals surface area contributed by atoms with Gasteiger partial charge >= 0.3 is 0 Å². The Morgan fingerprint density at radius 2 is 1.21 bits per heavy atom. The van der Waals surface area contributed by atoms with Gasteiger partial charge in [-0.3, -0.25) is 4.90 Å². The highest BCUT2D eigenvalue weighted by atomic mass is 32.1. The molecule has 10 rings (SSSR count). The van der Waals surface area contributed by atoms with Crippen LogP contribution in [0, 0.1) is 12.5 Å². The Morgan fingerprint density at radius 3 is 1.97 bits per heavy atom. The van der Waals surface area contributed by atoms with E-state index in [1.165, 1.54) is 86.9 Å². The molecule has 0 saturated carbocycles. The molecule has 0 saturated heterocycles. The molecule has 2 heteroatoms. The van der Waals surface area contributed by atoms with E-state index >= 15 is 0 Å². The molecule has 8 aromatic rings. The first-order valence-electron chi connectivity index (χ1n) is 20.2. The number of hydrogen-bond acceptors (Lipinski definition) is 2. The van der Waals surface area contributed by atoms with Crippen LogP contribution < -0.4 is 4.90 Å². The number of fused-ring (bicyclic) bond motifs is 10. The third-order valence-corrected chi connectivity index (χ3v) is 13.6. The summed E-state index contributed by atoms with van der Waals surface area (Å²) in [7, 11) is 0. The number of anilines is 2. The molecule has 1 aromatic heterocycles. The van der Waals surface area contributed by atoms with Crippen LogP contribution in [-0.2, 0) is 10.8 Å². The van der Waals surface area contributed by atoms with Gasteiger partial charge < -0.3 is 0 Å². The van der Waals surface area contributed by atoms with Gasteiger partial charge in [-0.15, -0.1) is 11.3 Å². The zero-order valence-corrected chi connectivity index (χ0v) is 34.9. The van der Waals surface area contributed by atoms with Crippen molar-refractivity contribution >= 4 is 48.5 Å². The normalized spacial score (nSPS) is 14.3. The number of rotatable bonds is 5. The average Bonchev–Trinajstić information content (AvgIpc) is 3.83. The number of hydrogen-bond donors (Lipinski definition) is 0. The molecule has 0 unspecified atom stereocenters. The van der Waals surface area contributed by atoms with Gasteiger partial charge in [-0.05, 0) is 111 Å². The van der Waals surface area contributed by atoms with Crippen molar-refractivity contribution in [1.82, 2.24) is 0 Å². The fourth-order valence-corrected chi connectivity index (χ4v) is 10.6. The molecule has 7 aromatic carbocycles. The van der Waals surface area contributed by atoms with Crippen LogP contribution in [0.15, 0.2) is 170 Å². The largest absolute Gasteiger partial charge is 0.270 e. The van der Waals surface area contributed by atoms with E-state index in [1.54, 1.807) is 0 Å². The topological polar surface area (TPSA) is 3.24 Å². The van der Waals surface area contributed by atoms with Crippen molar-refractivity contribution in [2.45, 2.75) is 52.4 Å². The highest BCUT2D eigenvalue weighted by Crippen LogP contribution is 2.55. The molecule has 2 aliphatic rings. The van der Waals surface area contributed by atoms with E-state index in [1.807, 2.05) is 22.3 Å². The van der Waals surface area contributed by atoms with Gasteiger partial charge in [0, 0.05) is 42.6 Å². The van der Waals surface area contributed by atoms with E-state index in [4.69, 9.17) is 6.42 Å². The Labute approximate surface area is 347 Å². The first-order valence-corrected chi connectivity index (χ1v) is 21.0. The Bertz CT molecular complexity index is 2960. The van der Waals surface area contributed by atoms with Crippen molar-refractivity contribution in [3.8, 4) is 45.8 Å². The summed E-state index contributed by atoms with van der Waals surface area (Å²) < 4.78 is 2.69. The van der Waals surface area contributed by atoms with E-state index < -0.39 is 0 Å². The van der Waals surface area contributed by atoms with Crippen LogP contribution in [0.2, 0.25) is 0 Å². The summed E-state index contributed by atoms with van der Waals surface area (Å²) in [5.41, 5.74) is 18.0. The summed E-state index contributed by atoms with van der Waals surface area (Å²) in [5, 5.41) is 2.66. The molecule has 2 aliphatic carbocycles. The maximum atomic E-state index is 6.10. The molecule has 0 amide bonds. The van der Waals surface area contributed by atoms with Crippen molar-refractivity contribution in [3.63, 3.8) is 0 Å². The third-order valence-electron chi connectivity index (χ3n) is 12.4. The van der Waals surface area contributed by atoms with E-state index in [-0.39, 0.29) is 10.8 Å². The summed E-state index contributed by atoms with van der Waals surface area (Å²) in [6.07, 6.45) is 12.6. The maximum absolute atomic E-state index is 6.10. The lowest BCUT2D eigenvalue weighted by molar-refractivity contribution is 0.660. The SMILES string of the molecule is C#CN(c1ccc(-c2ccccc2)cc1)c1ccc2c(c1)-c1c(ccc3c1sc1ccccc13)C2(C)C.C/C=C\C(=C/C)c1ccc2c(c1)C(C)(C)c1ccccc1-2. The first-order chi connectivity index (χ1) is 28.1. The van der Waals surface area contributed by atoms with Crippen LogP contribution in [0.4, 0.5) is 11.4 Å². The van der Waals surface area contributed by atoms with Crippen molar-refractivity contribution in [2.24, 2.45) is 0 Å². The second kappa shape index (κ2) is 14.5. The first kappa shape index (κ1) is 37.2. The summed E-state index contributed by atoms with van der Waals surface area (Å²) >= 11 is 1.89. The number of allylic oxidation sites excluding steroid dienone is 4. The van der Waals surface area contributed by atoms with Gasteiger partial charge in [0.25, 0.3) is 0 Å². The summed E-state index contributed by atoms with van der Waals surface area (Å²) in [4.78, 5) is 1.95. The van der Waals surface area contributed by atoms with Crippen molar-refractivity contribution in [2.75, 3.05) is 4.90 Å². The number of nitrogens with zero attached hydrogens (tertiary/aromatic N) is 1. The zero-order valence-electron chi connectivity index (χ0n) is 34.1. The third kappa shape index (κ3) is 6.01. The van der Waals surface area contributed by atoms with Crippen LogP contribution >= 0.6 is 11.3 Å². The average molecular weight is 766 g/mol. The lowest BCUT2D eigenvalue weighted by atomic mass is 9.81. The van der Waals surface area contributed by atoms with Gasteiger partial charge in [-0.2, -0.15) is 0 Å². The molecule has 0 bridgehead atoms. The van der Waals surface area contributed by atoms with E-state index in [0.29, 0.717) is 0 Å². The molecule has 0 aliphatic heterocycles. The fraction of sp³-hybridized carbons (Fsp3) is 0.143. The lowest BCUT2D eigenvalue weighted by Crippen LogP contribution is -2.15. The van der Waals surface area contributed by atoms with Crippen molar-refractivity contribution in [1.29, 1.82) is 0 Å². The van der Waals surface area contributed by atoms with Crippen LogP contribution in [0.5, 0.6) is 0 Å². The molecule has 0 atom stereocenters. The lowest BCUT2D eigenvalue weighted by Gasteiger charge is -2.23. The minimum absolute atomic E-state index is 0.0636. The Morgan fingerprint density at radius 1 is 0.569 bits per heavy atom. The van der Waals surface area contributed by atoms with Crippen LogP contribution in [0.25, 0.3) is 59.1 Å². The quantitative estimate of drug-likeness (QED) is 0.0958. The molecule has 58 heavy (non-hydrogen) atoms.